The Hall–Kier alpha value is -1.76. The summed E-state index contributed by atoms with van der Waals surface area (Å²) in [4.78, 5) is 0. The molecule has 0 saturated carbocycles. The van der Waals surface area contributed by atoms with E-state index in [0.717, 1.165) is 56.0 Å². The molecule has 4 nitrogen and oxygen atoms in total. The molecule has 3 rings (SSSR count). The molecule has 0 amide bonds. The zero-order chi connectivity index (χ0) is 16.4. The number of fused-ring (bicyclic) bond motifs is 1. The highest BCUT2D eigenvalue weighted by molar-refractivity contribution is 6.33. The van der Waals surface area contributed by atoms with E-state index in [1.54, 1.807) is 0 Å². The van der Waals surface area contributed by atoms with Crippen molar-refractivity contribution >= 4 is 17.3 Å². The van der Waals surface area contributed by atoms with Gasteiger partial charge in [0.15, 0.2) is 5.82 Å². The molecule has 0 aliphatic carbocycles. The standard InChI is InChI=1S/C15H16ClF3N4/c16-11-6-5-10(15(17,18)19)8-12(11)20-9-14-22-21-13-4-2-1-3-7-23(13)14/h5-6,8,20H,1-4,7,9H2. The third-order valence-electron chi connectivity index (χ3n) is 3.92. The maximum atomic E-state index is 12.8. The fourth-order valence-electron chi connectivity index (χ4n) is 2.69. The monoisotopic (exact) mass is 344 g/mol. The molecule has 124 valence electrons. The highest BCUT2D eigenvalue weighted by Gasteiger charge is 2.31. The predicted molar refractivity (Wildman–Crippen MR) is 81.4 cm³/mol. The Morgan fingerprint density at radius 2 is 2.00 bits per heavy atom. The molecule has 8 heteroatoms. The lowest BCUT2D eigenvalue weighted by Crippen LogP contribution is -2.11. The van der Waals surface area contributed by atoms with Gasteiger partial charge in [-0.2, -0.15) is 13.2 Å². The first kappa shape index (κ1) is 16.1. The van der Waals surface area contributed by atoms with Gasteiger partial charge >= 0.3 is 6.18 Å². The number of anilines is 1. The van der Waals surface area contributed by atoms with Crippen LogP contribution in [-0.4, -0.2) is 14.8 Å². The second-order valence-electron chi connectivity index (χ2n) is 5.54. The molecule has 1 N–H and O–H groups in total. The molecule has 1 aliphatic rings. The van der Waals surface area contributed by atoms with E-state index >= 15 is 0 Å². The van der Waals surface area contributed by atoms with Crippen molar-refractivity contribution < 1.29 is 13.2 Å². The first-order chi connectivity index (χ1) is 10.9. The van der Waals surface area contributed by atoms with Gasteiger partial charge in [-0.25, -0.2) is 0 Å². The van der Waals surface area contributed by atoms with E-state index in [1.807, 2.05) is 4.57 Å². The van der Waals surface area contributed by atoms with Gasteiger partial charge in [0.2, 0.25) is 0 Å². The van der Waals surface area contributed by atoms with E-state index in [0.29, 0.717) is 0 Å². The van der Waals surface area contributed by atoms with Gasteiger partial charge in [0.25, 0.3) is 0 Å². The van der Waals surface area contributed by atoms with Gasteiger partial charge in [0.05, 0.1) is 22.8 Å². The van der Waals surface area contributed by atoms with Gasteiger partial charge in [-0.05, 0) is 31.0 Å². The summed E-state index contributed by atoms with van der Waals surface area (Å²) in [7, 11) is 0. The molecule has 1 aromatic carbocycles. The van der Waals surface area contributed by atoms with Gasteiger partial charge in [-0.15, -0.1) is 10.2 Å². The van der Waals surface area contributed by atoms with Crippen LogP contribution in [0.2, 0.25) is 5.02 Å². The van der Waals surface area contributed by atoms with Crippen molar-refractivity contribution in [2.45, 2.75) is 44.9 Å². The SMILES string of the molecule is FC(F)(F)c1ccc(Cl)c(NCc2nnc3n2CCCCC3)c1. The molecular weight excluding hydrogens is 329 g/mol. The predicted octanol–water partition coefficient (Wildman–Crippen LogP) is 4.29. The number of benzene rings is 1. The molecule has 0 fully saturated rings. The van der Waals surface area contributed by atoms with E-state index in [2.05, 4.69) is 15.5 Å². The molecule has 0 saturated heterocycles. The number of rotatable bonds is 3. The molecule has 1 aliphatic heterocycles. The zero-order valence-corrected chi connectivity index (χ0v) is 13.1. The summed E-state index contributed by atoms with van der Waals surface area (Å²) in [5, 5.41) is 11.5. The highest BCUT2D eigenvalue weighted by atomic mass is 35.5. The summed E-state index contributed by atoms with van der Waals surface area (Å²) in [5.41, 5.74) is -0.489. The molecule has 0 unspecified atom stereocenters. The number of alkyl halides is 3. The summed E-state index contributed by atoms with van der Waals surface area (Å²) in [6.45, 7) is 1.13. The summed E-state index contributed by atoms with van der Waals surface area (Å²) in [5.74, 6) is 1.66. The highest BCUT2D eigenvalue weighted by Crippen LogP contribution is 2.34. The van der Waals surface area contributed by atoms with Crippen molar-refractivity contribution in [3.63, 3.8) is 0 Å². The van der Waals surface area contributed by atoms with E-state index in [4.69, 9.17) is 11.6 Å². The Kier molecular flexibility index (Phi) is 4.48. The summed E-state index contributed by atoms with van der Waals surface area (Å²) >= 11 is 5.98. The van der Waals surface area contributed by atoms with Crippen LogP contribution in [0.5, 0.6) is 0 Å². The van der Waals surface area contributed by atoms with Crippen LogP contribution in [-0.2, 0) is 25.7 Å². The Labute approximate surface area is 136 Å². The second-order valence-corrected chi connectivity index (χ2v) is 5.95. The van der Waals surface area contributed by atoms with Crippen molar-refractivity contribution in [1.82, 2.24) is 14.8 Å². The average Bonchev–Trinajstić information content (AvgIpc) is 2.73. The first-order valence-corrected chi connectivity index (χ1v) is 7.84. The van der Waals surface area contributed by atoms with Crippen LogP contribution in [0.25, 0.3) is 0 Å². The lowest BCUT2D eigenvalue weighted by Gasteiger charge is -2.13. The third kappa shape index (κ3) is 3.60. The lowest BCUT2D eigenvalue weighted by atomic mass is 10.2. The smallest absolute Gasteiger partial charge is 0.377 e. The maximum absolute atomic E-state index is 12.8. The maximum Gasteiger partial charge on any atom is 0.416 e. The minimum Gasteiger partial charge on any atom is -0.377 e. The van der Waals surface area contributed by atoms with Gasteiger partial charge in [-0.1, -0.05) is 18.0 Å². The quantitative estimate of drug-likeness (QED) is 0.903. The van der Waals surface area contributed by atoms with Gasteiger partial charge in [0.1, 0.15) is 5.82 Å². The van der Waals surface area contributed by atoms with Gasteiger partial charge in [0, 0.05) is 13.0 Å². The minimum atomic E-state index is -4.40. The molecule has 2 heterocycles. The average molecular weight is 345 g/mol. The molecule has 23 heavy (non-hydrogen) atoms. The summed E-state index contributed by atoms with van der Waals surface area (Å²) in [6, 6.07) is 3.23. The Balaban J connectivity index is 1.77. The molecule has 0 bridgehead atoms. The number of hydrogen-bond acceptors (Lipinski definition) is 3. The van der Waals surface area contributed by atoms with Crippen LogP contribution < -0.4 is 5.32 Å². The Morgan fingerprint density at radius 1 is 1.17 bits per heavy atom. The third-order valence-corrected chi connectivity index (χ3v) is 4.25. The Bertz CT molecular complexity index is 697. The van der Waals surface area contributed by atoms with E-state index < -0.39 is 11.7 Å². The van der Waals surface area contributed by atoms with Gasteiger partial charge < -0.3 is 9.88 Å². The normalized spacial score (nSPS) is 15.1. The van der Waals surface area contributed by atoms with Crippen LogP contribution >= 0.6 is 11.6 Å². The second kappa shape index (κ2) is 6.39. The van der Waals surface area contributed by atoms with Crippen molar-refractivity contribution in [2.24, 2.45) is 0 Å². The van der Waals surface area contributed by atoms with E-state index in [9.17, 15) is 13.2 Å². The number of nitrogens with zero attached hydrogens (tertiary/aromatic N) is 3. The van der Waals surface area contributed by atoms with Crippen LogP contribution in [0, 0.1) is 0 Å². The summed E-state index contributed by atoms with van der Waals surface area (Å²) in [6.07, 6.45) is -0.215. The Morgan fingerprint density at radius 3 is 2.78 bits per heavy atom. The van der Waals surface area contributed by atoms with Crippen LogP contribution in [0.4, 0.5) is 18.9 Å². The molecule has 0 spiro atoms. The minimum absolute atomic E-state index is 0.243. The lowest BCUT2D eigenvalue weighted by molar-refractivity contribution is -0.137. The van der Waals surface area contributed by atoms with E-state index in [-0.39, 0.29) is 17.3 Å². The number of hydrogen-bond donors (Lipinski definition) is 1. The summed E-state index contributed by atoms with van der Waals surface area (Å²) < 4.78 is 40.4. The molecule has 0 radical (unpaired) electrons. The number of nitrogens with one attached hydrogen (secondary N) is 1. The fourth-order valence-corrected chi connectivity index (χ4v) is 2.87. The van der Waals surface area contributed by atoms with Crippen molar-refractivity contribution in [1.29, 1.82) is 0 Å². The first-order valence-electron chi connectivity index (χ1n) is 7.47. The number of aromatic nitrogens is 3. The van der Waals surface area contributed by atoms with Crippen LogP contribution in [0.15, 0.2) is 18.2 Å². The zero-order valence-electron chi connectivity index (χ0n) is 12.3. The van der Waals surface area contributed by atoms with Gasteiger partial charge in [-0.3, -0.25) is 0 Å². The molecule has 0 atom stereocenters. The van der Waals surface area contributed by atoms with Crippen LogP contribution in [0.3, 0.4) is 0 Å². The fraction of sp³-hybridized carbons (Fsp3) is 0.467. The van der Waals surface area contributed by atoms with E-state index in [1.165, 1.54) is 6.07 Å². The molecular formula is C15H16ClF3N4. The molecule has 1 aromatic heterocycles. The van der Waals surface area contributed by atoms with Crippen LogP contribution in [0.1, 0.15) is 36.5 Å². The van der Waals surface area contributed by atoms with Crippen molar-refractivity contribution in [3.05, 3.63) is 40.4 Å². The van der Waals surface area contributed by atoms with Crippen molar-refractivity contribution in [2.75, 3.05) is 5.32 Å². The number of halogens is 4. The number of aryl methyl sites for hydroxylation is 1. The van der Waals surface area contributed by atoms with Crippen molar-refractivity contribution in [3.8, 4) is 0 Å². The topological polar surface area (TPSA) is 42.7 Å². The largest absolute Gasteiger partial charge is 0.416 e. The molecule has 2 aromatic rings.